The van der Waals surface area contributed by atoms with Gasteiger partial charge in [-0.1, -0.05) is 90.2 Å². The van der Waals surface area contributed by atoms with Crippen molar-refractivity contribution in [1.29, 1.82) is 0 Å². The molecule has 0 spiro atoms. The topological polar surface area (TPSA) is 83.8 Å². The Kier molecular flexibility index (Phi) is 16.8. The Hall–Kier alpha value is -2.82. The molecule has 0 fully saturated rings. The van der Waals surface area contributed by atoms with Crippen LogP contribution in [0.2, 0.25) is 0 Å². The molecule has 0 aliphatic carbocycles. The molecule has 2 aromatic rings. The van der Waals surface area contributed by atoms with Crippen LogP contribution in [0.1, 0.15) is 117 Å². The number of aryl methyl sites for hydroxylation is 1. The minimum absolute atomic E-state index is 0.297. The molecule has 0 aliphatic rings. The van der Waals surface area contributed by atoms with Crippen molar-refractivity contribution in [3.63, 3.8) is 0 Å². The Labute approximate surface area is 211 Å². The monoisotopic (exact) mass is 484 g/mol. The molecule has 2 aromatic carbocycles. The number of hydrogen-bond donors (Lipinski definition) is 2. The SMILES string of the molecule is CCCCCCCCCCCCOc1ccc(C(=O)O)cc1.CCCCc1ccc(C(=O)O)cc1. The zero-order chi connectivity index (χ0) is 25.7. The van der Waals surface area contributed by atoms with Gasteiger partial charge in [-0.3, -0.25) is 0 Å². The van der Waals surface area contributed by atoms with Gasteiger partial charge in [-0.25, -0.2) is 9.59 Å². The van der Waals surface area contributed by atoms with Crippen LogP contribution >= 0.6 is 0 Å². The molecular weight excluding hydrogens is 440 g/mol. The van der Waals surface area contributed by atoms with E-state index in [0.717, 1.165) is 25.0 Å². The normalized spacial score (nSPS) is 10.3. The molecule has 35 heavy (non-hydrogen) atoms. The zero-order valence-corrected chi connectivity index (χ0v) is 21.6. The van der Waals surface area contributed by atoms with Gasteiger partial charge in [-0.2, -0.15) is 0 Å². The van der Waals surface area contributed by atoms with Crippen molar-refractivity contribution in [1.82, 2.24) is 0 Å². The van der Waals surface area contributed by atoms with E-state index in [1.165, 1.54) is 69.8 Å². The number of hydrogen-bond acceptors (Lipinski definition) is 3. The smallest absolute Gasteiger partial charge is 0.335 e. The molecule has 0 aromatic heterocycles. The summed E-state index contributed by atoms with van der Waals surface area (Å²) >= 11 is 0. The number of unbranched alkanes of at least 4 members (excludes halogenated alkanes) is 10. The molecule has 5 nitrogen and oxygen atoms in total. The lowest BCUT2D eigenvalue weighted by Gasteiger charge is -2.06. The third-order valence-electron chi connectivity index (χ3n) is 5.89. The minimum Gasteiger partial charge on any atom is -0.494 e. The van der Waals surface area contributed by atoms with Crippen molar-refractivity contribution in [3.8, 4) is 5.75 Å². The van der Waals surface area contributed by atoms with Gasteiger partial charge in [-0.05, 0) is 61.2 Å². The highest BCUT2D eigenvalue weighted by molar-refractivity contribution is 5.88. The van der Waals surface area contributed by atoms with Crippen LogP contribution in [-0.4, -0.2) is 28.8 Å². The third-order valence-corrected chi connectivity index (χ3v) is 5.89. The van der Waals surface area contributed by atoms with Gasteiger partial charge < -0.3 is 14.9 Å². The standard InChI is InChI=1S/C19H30O3.C11H14O2/c1-2-3-4-5-6-7-8-9-10-11-16-22-18-14-12-17(13-15-18)19(20)21;1-2-3-4-9-5-7-10(8-6-9)11(12)13/h12-15H,2-11,16H2,1H3,(H,20,21);5-8H,2-4H2,1H3,(H,12,13). The summed E-state index contributed by atoms with van der Waals surface area (Å²) in [5.41, 5.74) is 1.87. The molecule has 0 heterocycles. The van der Waals surface area contributed by atoms with E-state index in [1.807, 2.05) is 12.1 Å². The van der Waals surface area contributed by atoms with Crippen LogP contribution in [-0.2, 0) is 6.42 Å². The summed E-state index contributed by atoms with van der Waals surface area (Å²) in [6.45, 7) is 5.11. The second kappa shape index (κ2) is 19.5. The molecule has 0 bridgehead atoms. The van der Waals surface area contributed by atoms with Crippen LogP contribution in [0.15, 0.2) is 48.5 Å². The maximum atomic E-state index is 10.7. The number of ether oxygens (including phenoxy) is 1. The lowest BCUT2D eigenvalue weighted by Crippen LogP contribution is -1.99. The molecule has 0 saturated heterocycles. The van der Waals surface area contributed by atoms with Crippen LogP contribution in [0, 0.1) is 0 Å². The van der Waals surface area contributed by atoms with Crippen molar-refractivity contribution in [3.05, 3.63) is 65.2 Å². The average Bonchev–Trinajstić information content (AvgIpc) is 2.87. The molecule has 2 N–H and O–H groups in total. The van der Waals surface area contributed by atoms with Gasteiger partial charge in [0.15, 0.2) is 0 Å². The summed E-state index contributed by atoms with van der Waals surface area (Å²) in [5.74, 6) is -1.01. The summed E-state index contributed by atoms with van der Waals surface area (Å²) in [4.78, 5) is 21.3. The first-order valence-corrected chi connectivity index (χ1v) is 13.3. The quantitative estimate of drug-likeness (QED) is 0.220. The Balaban J connectivity index is 0.000000400. The van der Waals surface area contributed by atoms with Crippen LogP contribution in [0.25, 0.3) is 0 Å². The Bertz CT molecular complexity index is 812. The number of carbonyl (C=O) groups is 2. The fourth-order valence-corrected chi connectivity index (χ4v) is 3.67. The van der Waals surface area contributed by atoms with Crippen molar-refractivity contribution in [2.45, 2.75) is 97.3 Å². The maximum absolute atomic E-state index is 10.7. The Morgan fingerprint density at radius 2 is 1.03 bits per heavy atom. The van der Waals surface area contributed by atoms with Crippen molar-refractivity contribution in [2.24, 2.45) is 0 Å². The lowest BCUT2D eigenvalue weighted by molar-refractivity contribution is 0.0686. The van der Waals surface area contributed by atoms with E-state index >= 15 is 0 Å². The average molecular weight is 485 g/mol. The van der Waals surface area contributed by atoms with Gasteiger partial charge in [0.1, 0.15) is 5.75 Å². The number of carboxylic acids is 2. The van der Waals surface area contributed by atoms with Gasteiger partial charge in [-0.15, -0.1) is 0 Å². The molecule has 0 radical (unpaired) electrons. The Morgan fingerprint density at radius 1 is 0.600 bits per heavy atom. The largest absolute Gasteiger partial charge is 0.494 e. The molecule has 0 atom stereocenters. The fourth-order valence-electron chi connectivity index (χ4n) is 3.67. The molecule has 0 unspecified atom stereocenters. The van der Waals surface area contributed by atoms with E-state index in [9.17, 15) is 9.59 Å². The summed E-state index contributed by atoms with van der Waals surface area (Å²) < 4.78 is 5.62. The number of aromatic carboxylic acids is 2. The van der Waals surface area contributed by atoms with Gasteiger partial charge in [0.2, 0.25) is 0 Å². The second-order valence-electron chi connectivity index (χ2n) is 8.97. The molecule has 2 rings (SSSR count). The molecule has 0 saturated carbocycles. The van der Waals surface area contributed by atoms with Gasteiger partial charge in [0.05, 0.1) is 17.7 Å². The van der Waals surface area contributed by atoms with Crippen molar-refractivity contribution < 1.29 is 24.5 Å². The first-order chi connectivity index (χ1) is 17.0. The molecule has 194 valence electrons. The van der Waals surface area contributed by atoms with Crippen LogP contribution in [0.4, 0.5) is 0 Å². The molecule has 0 aliphatic heterocycles. The Morgan fingerprint density at radius 3 is 1.49 bits per heavy atom. The summed E-state index contributed by atoms with van der Waals surface area (Å²) in [6.07, 6.45) is 16.5. The van der Waals surface area contributed by atoms with E-state index in [2.05, 4.69) is 13.8 Å². The number of carboxylic acid groups (broad SMARTS) is 2. The highest BCUT2D eigenvalue weighted by atomic mass is 16.5. The minimum atomic E-state index is -0.902. The van der Waals surface area contributed by atoms with E-state index in [4.69, 9.17) is 14.9 Å². The van der Waals surface area contributed by atoms with Gasteiger partial charge in [0.25, 0.3) is 0 Å². The molecule has 0 amide bonds. The fraction of sp³-hybridized carbons (Fsp3) is 0.533. The van der Waals surface area contributed by atoms with E-state index in [0.29, 0.717) is 17.7 Å². The molecule has 5 heteroatoms. The number of benzene rings is 2. The molecular formula is C30H44O5. The summed E-state index contributed by atoms with van der Waals surface area (Å²) in [6, 6.07) is 13.7. The predicted molar refractivity (Wildman–Crippen MR) is 143 cm³/mol. The van der Waals surface area contributed by atoms with Gasteiger partial charge >= 0.3 is 11.9 Å². The zero-order valence-electron chi connectivity index (χ0n) is 21.6. The van der Waals surface area contributed by atoms with E-state index in [-0.39, 0.29) is 0 Å². The van der Waals surface area contributed by atoms with E-state index < -0.39 is 11.9 Å². The maximum Gasteiger partial charge on any atom is 0.335 e. The first kappa shape index (κ1) is 30.2. The highest BCUT2D eigenvalue weighted by Gasteiger charge is 2.02. The first-order valence-electron chi connectivity index (χ1n) is 13.3. The van der Waals surface area contributed by atoms with Crippen LogP contribution < -0.4 is 4.74 Å². The number of rotatable bonds is 17. The van der Waals surface area contributed by atoms with E-state index in [1.54, 1.807) is 36.4 Å². The second-order valence-corrected chi connectivity index (χ2v) is 8.97. The van der Waals surface area contributed by atoms with Gasteiger partial charge in [0, 0.05) is 0 Å². The van der Waals surface area contributed by atoms with Crippen molar-refractivity contribution in [2.75, 3.05) is 6.61 Å². The predicted octanol–water partition coefficient (Wildman–Crippen LogP) is 8.41. The van der Waals surface area contributed by atoms with Crippen LogP contribution in [0.5, 0.6) is 5.75 Å². The summed E-state index contributed by atoms with van der Waals surface area (Å²) in [7, 11) is 0. The van der Waals surface area contributed by atoms with Crippen LogP contribution in [0.3, 0.4) is 0 Å². The highest BCUT2D eigenvalue weighted by Crippen LogP contribution is 2.14. The lowest BCUT2D eigenvalue weighted by atomic mass is 10.1. The van der Waals surface area contributed by atoms with Crippen molar-refractivity contribution >= 4 is 11.9 Å². The summed E-state index contributed by atoms with van der Waals surface area (Å²) in [5, 5.41) is 17.5. The third kappa shape index (κ3) is 14.9.